The zero-order chi connectivity index (χ0) is 14.4. The maximum Gasteiger partial charge on any atom is 0.150 e. The normalized spacial score (nSPS) is 11.0. The van der Waals surface area contributed by atoms with E-state index in [4.69, 9.17) is 0 Å². The van der Waals surface area contributed by atoms with E-state index in [0.29, 0.717) is 6.04 Å². The van der Waals surface area contributed by atoms with Crippen LogP contribution in [0, 0.1) is 0 Å². The van der Waals surface area contributed by atoms with Gasteiger partial charge in [-0.3, -0.25) is 0 Å². The Morgan fingerprint density at radius 1 is 1.25 bits per heavy atom. The lowest BCUT2D eigenvalue weighted by molar-refractivity contribution is 0.577. The average Bonchev–Trinajstić information content (AvgIpc) is 2.96. The van der Waals surface area contributed by atoms with Crippen molar-refractivity contribution in [3.63, 3.8) is 0 Å². The molecule has 0 spiro atoms. The highest BCUT2D eigenvalue weighted by molar-refractivity contribution is 7.09. The monoisotopic (exact) mass is 290 g/mol. The number of likely N-dealkylation sites (N-methyl/N-ethyl adjacent to an activating group) is 1. The Bertz CT molecular complexity index is 493. The quantitative estimate of drug-likeness (QED) is 0.851. The molecule has 1 N–H and O–H groups in total. The Hall–Kier alpha value is -1.46. The predicted molar refractivity (Wildman–Crippen MR) is 85.3 cm³/mol. The first kappa shape index (κ1) is 14.9. The van der Waals surface area contributed by atoms with Gasteiger partial charge in [-0.15, -0.1) is 16.4 Å². The summed E-state index contributed by atoms with van der Waals surface area (Å²) in [6.07, 6.45) is 1.05. The molecule has 0 aromatic carbocycles. The lowest BCUT2D eigenvalue weighted by Gasteiger charge is -2.17. The van der Waals surface area contributed by atoms with Gasteiger partial charge in [-0.1, -0.05) is 19.9 Å². The molecule has 2 aromatic rings. The van der Waals surface area contributed by atoms with Crippen LogP contribution in [0.4, 0.5) is 5.82 Å². The second kappa shape index (κ2) is 7.36. The Morgan fingerprint density at radius 3 is 2.70 bits per heavy atom. The number of hydrogen-bond donors (Lipinski definition) is 1. The van der Waals surface area contributed by atoms with Crippen molar-refractivity contribution in [2.45, 2.75) is 32.9 Å². The molecule has 0 amide bonds. The van der Waals surface area contributed by atoms with Crippen molar-refractivity contribution in [1.29, 1.82) is 0 Å². The van der Waals surface area contributed by atoms with Gasteiger partial charge in [0.05, 0.1) is 5.69 Å². The smallest absolute Gasteiger partial charge is 0.150 e. The second-order valence-electron chi connectivity index (χ2n) is 5.17. The van der Waals surface area contributed by atoms with E-state index in [-0.39, 0.29) is 0 Å². The van der Waals surface area contributed by atoms with Crippen LogP contribution in [-0.4, -0.2) is 29.8 Å². The number of anilines is 1. The zero-order valence-electron chi connectivity index (χ0n) is 12.3. The van der Waals surface area contributed by atoms with Crippen LogP contribution in [0.1, 0.15) is 24.4 Å². The molecule has 2 aromatic heterocycles. The van der Waals surface area contributed by atoms with Gasteiger partial charge in [0.15, 0.2) is 5.82 Å². The number of aromatic nitrogens is 2. The maximum absolute atomic E-state index is 4.30. The number of nitrogens with zero attached hydrogens (tertiary/aromatic N) is 3. The summed E-state index contributed by atoms with van der Waals surface area (Å²) in [6.45, 7) is 5.98. The van der Waals surface area contributed by atoms with E-state index in [1.54, 1.807) is 11.3 Å². The third-order valence-corrected chi connectivity index (χ3v) is 4.00. The molecule has 0 fully saturated rings. The summed E-state index contributed by atoms with van der Waals surface area (Å²) in [5.74, 6) is 0.926. The van der Waals surface area contributed by atoms with Crippen LogP contribution < -0.4 is 10.2 Å². The van der Waals surface area contributed by atoms with Gasteiger partial charge < -0.3 is 10.2 Å². The van der Waals surface area contributed by atoms with Crippen molar-refractivity contribution in [3.05, 3.63) is 40.2 Å². The molecule has 0 saturated carbocycles. The first-order valence-corrected chi connectivity index (χ1v) is 7.82. The summed E-state index contributed by atoms with van der Waals surface area (Å²) in [5, 5.41) is 14.0. The van der Waals surface area contributed by atoms with Gasteiger partial charge in [-0.05, 0) is 30.0 Å². The fourth-order valence-corrected chi connectivity index (χ4v) is 2.50. The van der Waals surface area contributed by atoms with Gasteiger partial charge in [0, 0.05) is 31.1 Å². The van der Waals surface area contributed by atoms with E-state index in [1.165, 1.54) is 4.88 Å². The van der Waals surface area contributed by atoms with E-state index >= 15 is 0 Å². The summed E-state index contributed by atoms with van der Waals surface area (Å²) < 4.78 is 0. The lowest BCUT2D eigenvalue weighted by atomic mass is 10.3. The number of thiophene rings is 1. The van der Waals surface area contributed by atoms with E-state index in [2.05, 4.69) is 58.8 Å². The molecular formula is C15H22N4S. The van der Waals surface area contributed by atoms with Crippen molar-refractivity contribution >= 4 is 17.2 Å². The first-order chi connectivity index (χ1) is 9.65. The summed E-state index contributed by atoms with van der Waals surface area (Å²) in [4.78, 5) is 3.55. The van der Waals surface area contributed by atoms with Crippen LogP contribution in [0.15, 0.2) is 29.6 Å². The van der Waals surface area contributed by atoms with Crippen molar-refractivity contribution in [3.8, 4) is 0 Å². The maximum atomic E-state index is 4.30. The molecule has 0 bridgehead atoms. The van der Waals surface area contributed by atoms with E-state index in [1.807, 2.05) is 12.1 Å². The summed E-state index contributed by atoms with van der Waals surface area (Å²) in [7, 11) is 2.06. The SMILES string of the molecule is CC(C)NCc1ccc(N(C)CCc2cccs2)nn1. The average molecular weight is 290 g/mol. The summed E-state index contributed by atoms with van der Waals surface area (Å²) in [5.41, 5.74) is 0.981. The van der Waals surface area contributed by atoms with Crippen LogP contribution in [0.25, 0.3) is 0 Å². The van der Waals surface area contributed by atoms with Crippen LogP contribution in [-0.2, 0) is 13.0 Å². The van der Waals surface area contributed by atoms with Crippen LogP contribution in [0.2, 0.25) is 0 Å². The zero-order valence-corrected chi connectivity index (χ0v) is 13.2. The van der Waals surface area contributed by atoms with E-state index in [0.717, 1.165) is 31.0 Å². The fraction of sp³-hybridized carbons (Fsp3) is 0.467. The molecule has 0 aliphatic carbocycles. The van der Waals surface area contributed by atoms with Crippen molar-refractivity contribution < 1.29 is 0 Å². The third-order valence-electron chi connectivity index (χ3n) is 3.06. The minimum atomic E-state index is 0.463. The molecule has 2 rings (SSSR count). The third kappa shape index (κ3) is 4.58. The van der Waals surface area contributed by atoms with Gasteiger partial charge in [-0.2, -0.15) is 5.10 Å². The van der Waals surface area contributed by atoms with Crippen molar-refractivity contribution in [2.24, 2.45) is 0 Å². The highest BCUT2D eigenvalue weighted by atomic mass is 32.1. The molecule has 20 heavy (non-hydrogen) atoms. The topological polar surface area (TPSA) is 41.0 Å². The van der Waals surface area contributed by atoms with Crippen molar-refractivity contribution in [2.75, 3.05) is 18.5 Å². The molecule has 0 aliphatic rings. The minimum Gasteiger partial charge on any atom is -0.358 e. The van der Waals surface area contributed by atoms with E-state index < -0.39 is 0 Å². The van der Waals surface area contributed by atoms with Gasteiger partial charge in [-0.25, -0.2) is 0 Å². The van der Waals surface area contributed by atoms with Crippen LogP contribution in [0.5, 0.6) is 0 Å². The summed E-state index contributed by atoms with van der Waals surface area (Å²) in [6, 6.07) is 8.81. The first-order valence-electron chi connectivity index (χ1n) is 6.94. The number of hydrogen-bond acceptors (Lipinski definition) is 5. The molecule has 4 nitrogen and oxygen atoms in total. The molecule has 0 radical (unpaired) electrons. The van der Waals surface area contributed by atoms with Gasteiger partial charge >= 0.3 is 0 Å². The Labute approximate surface area is 124 Å². The molecule has 0 unspecified atom stereocenters. The highest BCUT2D eigenvalue weighted by Gasteiger charge is 2.05. The molecule has 0 atom stereocenters. The number of nitrogens with one attached hydrogen (secondary N) is 1. The van der Waals surface area contributed by atoms with Crippen LogP contribution >= 0.6 is 11.3 Å². The number of rotatable bonds is 7. The highest BCUT2D eigenvalue weighted by Crippen LogP contribution is 2.12. The van der Waals surface area contributed by atoms with Gasteiger partial charge in [0.2, 0.25) is 0 Å². The molecule has 0 aliphatic heterocycles. The predicted octanol–water partition coefficient (Wildman–Crippen LogP) is 2.72. The molecular weight excluding hydrogens is 268 g/mol. The minimum absolute atomic E-state index is 0.463. The Morgan fingerprint density at radius 2 is 2.10 bits per heavy atom. The van der Waals surface area contributed by atoms with Crippen LogP contribution in [0.3, 0.4) is 0 Å². The second-order valence-corrected chi connectivity index (χ2v) is 6.20. The molecule has 0 saturated heterocycles. The van der Waals surface area contributed by atoms with E-state index in [9.17, 15) is 0 Å². The lowest BCUT2D eigenvalue weighted by Crippen LogP contribution is -2.24. The Balaban J connectivity index is 1.85. The molecule has 2 heterocycles. The van der Waals surface area contributed by atoms with Crippen molar-refractivity contribution in [1.82, 2.24) is 15.5 Å². The van der Waals surface area contributed by atoms with Gasteiger partial charge in [0.1, 0.15) is 0 Å². The largest absolute Gasteiger partial charge is 0.358 e. The fourth-order valence-electron chi connectivity index (χ4n) is 1.81. The Kier molecular flexibility index (Phi) is 5.49. The molecule has 108 valence electrons. The van der Waals surface area contributed by atoms with Gasteiger partial charge in [0.25, 0.3) is 0 Å². The molecule has 5 heteroatoms. The standard InChI is InChI=1S/C15H22N4S/c1-12(2)16-11-13-6-7-15(18-17-13)19(3)9-8-14-5-4-10-20-14/h4-7,10,12,16H,8-9,11H2,1-3H3. The summed E-state index contributed by atoms with van der Waals surface area (Å²) >= 11 is 1.80.